The SMILES string of the molecule is C=CCn1c(CNC(=O)C=Cc2ccc(OC)c(OC)c2)nnc1SCC(=O)Nc1ccccc1CC. The van der Waals surface area contributed by atoms with Gasteiger partial charge in [-0.2, -0.15) is 0 Å². The maximum Gasteiger partial charge on any atom is 0.244 e. The second-order valence-electron chi connectivity index (χ2n) is 7.81. The number of anilines is 1. The number of hydrogen-bond donors (Lipinski definition) is 2. The highest BCUT2D eigenvalue weighted by Gasteiger charge is 2.14. The van der Waals surface area contributed by atoms with Gasteiger partial charge in [0.15, 0.2) is 22.5 Å². The van der Waals surface area contributed by atoms with Gasteiger partial charge in [0.2, 0.25) is 11.8 Å². The molecule has 0 aliphatic heterocycles. The summed E-state index contributed by atoms with van der Waals surface area (Å²) < 4.78 is 12.3. The Morgan fingerprint density at radius 3 is 2.62 bits per heavy atom. The number of carbonyl (C=O) groups excluding carboxylic acids is 2. The Kier molecular flexibility index (Phi) is 10.3. The molecule has 0 aliphatic carbocycles. The van der Waals surface area contributed by atoms with Crippen molar-refractivity contribution in [1.82, 2.24) is 20.1 Å². The van der Waals surface area contributed by atoms with E-state index in [9.17, 15) is 9.59 Å². The average molecular weight is 522 g/mol. The van der Waals surface area contributed by atoms with Gasteiger partial charge in [0.1, 0.15) is 0 Å². The molecule has 0 unspecified atom stereocenters. The van der Waals surface area contributed by atoms with E-state index in [1.165, 1.54) is 17.8 Å². The quantitative estimate of drug-likeness (QED) is 0.198. The molecule has 194 valence electrons. The van der Waals surface area contributed by atoms with Crippen molar-refractivity contribution in [2.24, 2.45) is 0 Å². The number of thioether (sulfide) groups is 1. The van der Waals surface area contributed by atoms with Crippen LogP contribution in [0.15, 0.2) is 66.4 Å². The highest BCUT2D eigenvalue weighted by Crippen LogP contribution is 2.28. The van der Waals surface area contributed by atoms with Gasteiger partial charge in [-0.15, -0.1) is 16.8 Å². The third kappa shape index (κ3) is 7.71. The van der Waals surface area contributed by atoms with E-state index in [1.807, 2.05) is 41.8 Å². The molecule has 3 aromatic rings. The average Bonchev–Trinajstić information content (AvgIpc) is 3.31. The number of nitrogens with one attached hydrogen (secondary N) is 2. The van der Waals surface area contributed by atoms with Crippen LogP contribution in [0.25, 0.3) is 6.08 Å². The minimum absolute atomic E-state index is 0.130. The van der Waals surface area contributed by atoms with Gasteiger partial charge in [-0.05, 0) is 41.8 Å². The van der Waals surface area contributed by atoms with Gasteiger partial charge in [0.25, 0.3) is 0 Å². The van der Waals surface area contributed by atoms with E-state index < -0.39 is 0 Å². The summed E-state index contributed by atoms with van der Waals surface area (Å²) >= 11 is 1.28. The number of rotatable bonds is 13. The first kappa shape index (κ1) is 27.5. The van der Waals surface area contributed by atoms with Crippen LogP contribution in [-0.2, 0) is 29.1 Å². The summed E-state index contributed by atoms with van der Waals surface area (Å²) in [5.41, 5.74) is 2.68. The van der Waals surface area contributed by atoms with Gasteiger partial charge >= 0.3 is 0 Å². The lowest BCUT2D eigenvalue weighted by Gasteiger charge is -2.10. The fraction of sp³-hybridized carbons (Fsp3) is 0.259. The number of para-hydroxylation sites is 1. The van der Waals surface area contributed by atoms with Gasteiger partial charge in [-0.25, -0.2) is 0 Å². The van der Waals surface area contributed by atoms with Crippen LogP contribution < -0.4 is 20.1 Å². The molecule has 9 nitrogen and oxygen atoms in total. The van der Waals surface area contributed by atoms with Crippen LogP contribution in [0.1, 0.15) is 23.9 Å². The van der Waals surface area contributed by atoms with E-state index in [0.717, 1.165) is 23.2 Å². The zero-order valence-corrected chi connectivity index (χ0v) is 22.0. The Bertz CT molecular complexity index is 1270. The third-order valence-corrected chi connectivity index (χ3v) is 6.33. The van der Waals surface area contributed by atoms with Crippen LogP contribution in [0.2, 0.25) is 0 Å². The summed E-state index contributed by atoms with van der Waals surface area (Å²) in [7, 11) is 3.12. The van der Waals surface area contributed by atoms with E-state index in [-0.39, 0.29) is 24.1 Å². The third-order valence-electron chi connectivity index (χ3n) is 5.37. The Hall–Kier alpha value is -4.05. The molecule has 2 N–H and O–H groups in total. The summed E-state index contributed by atoms with van der Waals surface area (Å²) in [5, 5.41) is 14.7. The van der Waals surface area contributed by atoms with Crippen LogP contribution >= 0.6 is 11.8 Å². The fourth-order valence-corrected chi connectivity index (χ4v) is 4.26. The molecule has 0 saturated carbocycles. The predicted molar refractivity (Wildman–Crippen MR) is 146 cm³/mol. The molecule has 1 heterocycles. The molecular formula is C27H31N5O4S. The normalized spacial score (nSPS) is 10.8. The molecule has 0 fully saturated rings. The number of aromatic nitrogens is 3. The number of ether oxygens (including phenoxy) is 2. The highest BCUT2D eigenvalue weighted by atomic mass is 32.2. The molecule has 1 aromatic heterocycles. The molecule has 3 rings (SSSR count). The molecule has 0 atom stereocenters. The van der Waals surface area contributed by atoms with Crippen molar-refractivity contribution in [2.75, 3.05) is 25.3 Å². The van der Waals surface area contributed by atoms with E-state index in [2.05, 4.69) is 27.4 Å². The van der Waals surface area contributed by atoms with Crippen LogP contribution in [0, 0.1) is 0 Å². The summed E-state index contributed by atoms with van der Waals surface area (Å²) in [6, 6.07) is 13.1. The number of allylic oxidation sites excluding steroid dienone is 1. The Morgan fingerprint density at radius 2 is 1.89 bits per heavy atom. The first-order valence-electron chi connectivity index (χ1n) is 11.7. The first-order chi connectivity index (χ1) is 18.0. The number of hydrogen-bond acceptors (Lipinski definition) is 7. The van der Waals surface area contributed by atoms with Crippen molar-refractivity contribution in [2.45, 2.75) is 31.6 Å². The monoisotopic (exact) mass is 521 g/mol. The zero-order valence-electron chi connectivity index (χ0n) is 21.2. The van der Waals surface area contributed by atoms with Crippen molar-refractivity contribution < 1.29 is 19.1 Å². The second-order valence-corrected chi connectivity index (χ2v) is 8.75. The lowest BCUT2D eigenvalue weighted by atomic mass is 10.1. The summed E-state index contributed by atoms with van der Waals surface area (Å²) in [5.74, 6) is 1.51. The Labute approximate surface area is 221 Å². The van der Waals surface area contributed by atoms with Crippen molar-refractivity contribution in [3.8, 4) is 11.5 Å². The minimum Gasteiger partial charge on any atom is -0.493 e. The van der Waals surface area contributed by atoms with Crippen LogP contribution in [0.4, 0.5) is 5.69 Å². The van der Waals surface area contributed by atoms with E-state index in [1.54, 1.807) is 38.5 Å². The molecule has 37 heavy (non-hydrogen) atoms. The Balaban J connectivity index is 1.58. The number of carbonyl (C=O) groups is 2. The zero-order chi connectivity index (χ0) is 26.6. The highest BCUT2D eigenvalue weighted by molar-refractivity contribution is 7.99. The lowest BCUT2D eigenvalue weighted by Crippen LogP contribution is -2.23. The van der Waals surface area contributed by atoms with Crippen LogP contribution in [0.5, 0.6) is 11.5 Å². The smallest absolute Gasteiger partial charge is 0.244 e. The topological polar surface area (TPSA) is 107 Å². The molecule has 2 aromatic carbocycles. The largest absolute Gasteiger partial charge is 0.493 e. The molecule has 0 radical (unpaired) electrons. The van der Waals surface area contributed by atoms with Crippen LogP contribution in [-0.4, -0.2) is 46.6 Å². The molecule has 0 spiro atoms. The van der Waals surface area contributed by atoms with Gasteiger partial charge in [-0.3, -0.25) is 9.59 Å². The Morgan fingerprint density at radius 1 is 1.11 bits per heavy atom. The molecular weight excluding hydrogens is 490 g/mol. The predicted octanol–water partition coefficient (Wildman–Crippen LogP) is 4.10. The summed E-state index contributed by atoms with van der Waals surface area (Å²) in [6.07, 6.45) is 5.66. The maximum absolute atomic E-state index is 12.5. The van der Waals surface area contributed by atoms with E-state index >= 15 is 0 Å². The fourth-order valence-electron chi connectivity index (χ4n) is 3.49. The van der Waals surface area contributed by atoms with E-state index in [4.69, 9.17) is 9.47 Å². The van der Waals surface area contributed by atoms with Gasteiger partial charge in [0, 0.05) is 18.3 Å². The van der Waals surface area contributed by atoms with E-state index in [0.29, 0.717) is 29.0 Å². The first-order valence-corrected chi connectivity index (χ1v) is 12.7. The second kappa shape index (κ2) is 13.9. The van der Waals surface area contributed by atoms with Crippen molar-refractivity contribution in [1.29, 1.82) is 0 Å². The molecule has 0 bridgehead atoms. The standard InChI is InChI=1S/C27H31N5O4S/c1-5-15-32-24(17-28-25(33)14-12-19-11-13-22(35-3)23(16-19)36-4)30-31-27(32)37-18-26(34)29-21-10-8-7-9-20(21)6-2/h5,7-14,16H,1,6,15,17-18H2,2-4H3,(H,28,33)(H,29,34). The number of methoxy groups -OCH3 is 2. The molecule has 10 heteroatoms. The van der Waals surface area contributed by atoms with Crippen molar-refractivity contribution >= 4 is 35.3 Å². The molecule has 2 amide bonds. The van der Waals surface area contributed by atoms with Gasteiger partial charge in [0.05, 0.1) is 26.5 Å². The van der Waals surface area contributed by atoms with Crippen LogP contribution in [0.3, 0.4) is 0 Å². The molecule has 0 aliphatic rings. The number of aryl methyl sites for hydroxylation is 1. The molecule has 0 saturated heterocycles. The summed E-state index contributed by atoms with van der Waals surface area (Å²) in [6.45, 7) is 6.46. The van der Waals surface area contributed by atoms with Gasteiger partial charge in [-0.1, -0.05) is 49.0 Å². The lowest BCUT2D eigenvalue weighted by molar-refractivity contribution is -0.116. The van der Waals surface area contributed by atoms with Crippen molar-refractivity contribution in [3.63, 3.8) is 0 Å². The summed E-state index contributed by atoms with van der Waals surface area (Å²) in [4.78, 5) is 24.9. The number of nitrogens with zero attached hydrogens (tertiary/aromatic N) is 3. The number of amides is 2. The van der Waals surface area contributed by atoms with Crippen molar-refractivity contribution in [3.05, 3.63) is 78.1 Å². The maximum atomic E-state index is 12.5. The number of benzene rings is 2. The van der Waals surface area contributed by atoms with Gasteiger partial charge < -0.3 is 24.7 Å². The minimum atomic E-state index is -0.286.